The van der Waals surface area contributed by atoms with Gasteiger partial charge in [0.15, 0.2) is 0 Å². The summed E-state index contributed by atoms with van der Waals surface area (Å²) in [6, 6.07) is -1.37. The Kier molecular flexibility index (Phi) is 4.97. The number of nitrogens with one attached hydrogen (secondary N) is 1. The van der Waals surface area contributed by atoms with Crippen LogP contribution in [-0.2, 0) is 9.59 Å². The minimum absolute atomic E-state index is 0.158. The van der Waals surface area contributed by atoms with E-state index in [9.17, 15) is 14.4 Å². The molecule has 0 aliphatic carbocycles. The molecule has 1 rings (SSSR count). The number of carboxylic acid groups (broad SMARTS) is 1. The highest BCUT2D eigenvalue weighted by molar-refractivity contribution is 5.85. The monoisotopic (exact) mass is 285 g/mol. The first kappa shape index (κ1) is 16.3. The zero-order chi connectivity index (χ0) is 15.5. The molecule has 1 aliphatic rings. The number of aliphatic carboxylic acids is 1. The van der Waals surface area contributed by atoms with E-state index in [-0.39, 0.29) is 12.5 Å². The molecule has 0 aromatic heterocycles. The van der Waals surface area contributed by atoms with Gasteiger partial charge in [-0.3, -0.25) is 4.79 Å². The van der Waals surface area contributed by atoms with E-state index in [4.69, 9.17) is 10.8 Å². The molecule has 0 aromatic carbocycles. The van der Waals surface area contributed by atoms with Crippen molar-refractivity contribution in [2.45, 2.75) is 39.7 Å². The van der Waals surface area contributed by atoms with Crippen LogP contribution in [0.1, 0.15) is 33.6 Å². The fraction of sp³-hybridized carbons (Fsp3) is 0.769. The number of amides is 3. The second kappa shape index (κ2) is 6.11. The van der Waals surface area contributed by atoms with E-state index in [1.54, 1.807) is 6.92 Å². The van der Waals surface area contributed by atoms with Gasteiger partial charge in [0, 0.05) is 13.1 Å². The quantitative estimate of drug-likeness (QED) is 0.678. The van der Waals surface area contributed by atoms with Gasteiger partial charge in [-0.2, -0.15) is 0 Å². The highest BCUT2D eigenvalue weighted by atomic mass is 16.4. The molecule has 1 saturated heterocycles. The molecule has 0 spiro atoms. The van der Waals surface area contributed by atoms with Crippen molar-refractivity contribution in [3.63, 3.8) is 0 Å². The molecule has 0 saturated carbocycles. The largest absolute Gasteiger partial charge is 0.480 e. The number of urea groups is 1. The summed E-state index contributed by atoms with van der Waals surface area (Å²) < 4.78 is 0. The van der Waals surface area contributed by atoms with E-state index in [1.165, 1.54) is 4.90 Å². The number of likely N-dealkylation sites (tertiary alicyclic amines) is 1. The summed E-state index contributed by atoms with van der Waals surface area (Å²) in [5.41, 5.74) is 4.59. The SMILES string of the molecule is CC(C)CC(NC(=O)N1CCC(C)(C(N)=O)C1)C(=O)O. The van der Waals surface area contributed by atoms with Crippen LogP contribution < -0.4 is 11.1 Å². The first-order valence-electron chi connectivity index (χ1n) is 6.74. The second-order valence-corrected chi connectivity index (χ2v) is 6.07. The summed E-state index contributed by atoms with van der Waals surface area (Å²) in [6.07, 6.45) is 0.861. The lowest BCUT2D eigenvalue weighted by molar-refractivity contribution is -0.139. The average molecular weight is 285 g/mol. The van der Waals surface area contributed by atoms with Crippen molar-refractivity contribution in [2.24, 2.45) is 17.1 Å². The zero-order valence-corrected chi connectivity index (χ0v) is 12.2. The number of nitrogens with zero attached hydrogens (tertiary/aromatic N) is 1. The van der Waals surface area contributed by atoms with E-state index in [1.807, 2.05) is 13.8 Å². The van der Waals surface area contributed by atoms with Gasteiger partial charge < -0.3 is 21.1 Å². The Bertz CT molecular complexity index is 410. The molecule has 0 radical (unpaired) electrons. The average Bonchev–Trinajstić information content (AvgIpc) is 2.71. The lowest BCUT2D eigenvalue weighted by Gasteiger charge is -2.24. The Balaban J connectivity index is 2.63. The molecule has 0 bridgehead atoms. The summed E-state index contributed by atoms with van der Waals surface area (Å²) in [7, 11) is 0. The van der Waals surface area contributed by atoms with Crippen LogP contribution >= 0.6 is 0 Å². The predicted octanol–water partition coefficient (Wildman–Crippen LogP) is 0.393. The number of hydrogen-bond donors (Lipinski definition) is 3. The molecular formula is C13H23N3O4. The van der Waals surface area contributed by atoms with Crippen molar-refractivity contribution in [2.75, 3.05) is 13.1 Å². The van der Waals surface area contributed by atoms with Crippen LogP contribution in [0.4, 0.5) is 4.79 Å². The molecule has 0 aromatic rings. The first-order valence-corrected chi connectivity index (χ1v) is 6.74. The predicted molar refractivity (Wildman–Crippen MR) is 72.9 cm³/mol. The van der Waals surface area contributed by atoms with Crippen LogP contribution in [0, 0.1) is 11.3 Å². The van der Waals surface area contributed by atoms with E-state index in [2.05, 4.69) is 5.32 Å². The number of rotatable bonds is 5. The van der Waals surface area contributed by atoms with Crippen LogP contribution in [0.5, 0.6) is 0 Å². The minimum atomic E-state index is -1.05. The first-order chi connectivity index (χ1) is 9.15. The van der Waals surface area contributed by atoms with Gasteiger partial charge in [0.05, 0.1) is 5.41 Å². The number of carboxylic acids is 1. The highest BCUT2D eigenvalue weighted by Crippen LogP contribution is 2.29. The smallest absolute Gasteiger partial charge is 0.326 e. The molecule has 2 unspecified atom stereocenters. The minimum Gasteiger partial charge on any atom is -0.480 e. The maximum atomic E-state index is 12.1. The van der Waals surface area contributed by atoms with E-state index < -0.39 is 29.4 Å². The molecule has 1 fully saturated rings. The molecule has 1 heterocycles. The number of carbonyl (C=O) groups is 3. The Morgan fingerprint density at radius 3 is 2.40 bits per heavy atom. The molecule has 7 heteroatoms. The number of carbonyl (C=O) groups excluding carboxylic acids is 2. The Labute approximate surface area is 118 Å². The summed E-state index contributed by atoms with van der Waals surface area (Å²) >= 11 is 0. The van der Waals surface area contributed by atoms with Crippen molar-refractivity contribution in [3.05, 3.63) is 0 Å². The van der Waals surface area contributed by atoms with E-state index >= 15 is 0 Å². The van der Waals surface area contributed by atoms with Gasteiger partial charge in [0.1, 0.15) is 6.04 Å². The van der Waals surface area contributed by atoms with Crippen LogP contribution in [-0.4, -0.2) is 47.0 Å². The van der Waals surface area contributed by atoms with Crippen molar-refractivity contribution < 1.29 is 19.5 Å². The summed E-state index contributed by atoms with van der Waals surface area (Å²) in [5.74, 6) is -1.33. The topological polar surface area (TPSA) is 113 Å². The Morgan fingerprint density at radius 1 is 1.40 bits per heavy atom. The molecule has 7 nitrogen and oxygen atoms in total. The van der Waals surface area contributed by atoms with Crippen molar-refractivity contribution >= 4 is 17.9 Å². The molecule has 2 atom stereocenters. The third kappa shape index (κ3) is 3.85. The van der Waals surface area contributed by atoms with Gasteiger partial charge in [-0.15, -0.1) is 0 Å². The standard InChI is InChI=1S/C13H23N3O4/c1-8(2)6-9(10(17)18)15-12(20)16-5-4-13(3,7-16)11(14)19/h8-9H,4-7H2,1-3H3,(H2,14,19)(H,15,20)(H,17,18). The third-order valence-corrected chi connectivity index (χ3v) is 3.66. The molecule has 1 aliphatic heterocycles. The fourth-order valence-electron chi connectivity index (χ4n) is 2.27. The fourth-order valence-corrected chi connectivity index (χ4v) is 2.27. The number of primary amides is 1. The van der Waals surface area contributed by atoms with Gasteiger partial charge in [-0.25, -0.2) is 9.59 Å². The van der Waals surface area contributed by atoms with Crippen LogP contribution in [0.2, 0.25) is 0 Å². The van der Waals surface area contributed by atoms with Gasteiger partial charge in [0.2, 0.25) is 5.91 Å². The van der Waals surface area contributed by atoms with E-state index in [0.29, 0.717) is 19.4 Å². The van der Waals surface area contributed by atoms with Crippen LogP contribution in [0.25, 0.3) is 0 Å². The summed E-state index contributed by atoms with van der Waals surface area (Å²) in [4.78, 5) is 35.9. The zero-order valence-electron chi connectivity index (χ0n) is 12.2. The number of hydrogen-bond acceptors (Lipinski definition) is 3. The second-order valence-electron chi connectivity index (χ2n) is 6.07. The molecule has 4 N–H and O–H groups in total. The van der Waals surface area contributed by atoms with Gasteiger partial charge in [-0.1, -0.05) is 13.8 Å². The van der Waals surface area contributed by atoms with Crippen molar-refractivity contribution in [3.8, 4) is 0 Å². The van der Waals surface area contributed by atoms with Gasteiger partial charge in [0.25, 0.3) is 0 Å². The normalized spacial score (nSPS) is 23.7. The Morgan fingerprint density at radius 2 is 2.00 bits per heavy atom. The maximum Gasteiger partial charge on any atom is 0.326 e. The van der Waals surface area contributed by atoms with Gasteiger partial charge >= 0.3 is 12.0 Å². The van der Waals surface area contributed by atoms with Crippen LogP contribution in [0.15, 0.2) is 0 Å². The lowest BCUT2D eigenvalue weighted by Crippen LogP contribution is -2.48. The van der Waals surface area contributed by atoms with Crippen molar-refractivity contribution in [1.82, 2.24) is 10.2 Å². The van der Waals surface area contributed by atoms with Crippen LogP contribution in [0.3, 0.4) is 0 Å². The maximum absolute atomic E-state index is 12.1. The number of nitrogens with two attached hydrogens (primary N) is 1. The Hall–Kier alpha value is -1.79. The van der Waals surface area contributed by atoms with Crippen molar-refractivity contribution in [1.29, 1.82) is 0 Å². The van der Waals surface area contributed by atoms with Gasteiger partial charge in [-0.05, 0) is 25.7 Å². The molecule has 114 valence electrons. The lowest BCUT2D eigenvalue weighted by atomic mass is 9.89. The molecular weight excluding hydrogens is 262 g/mol. The summed E-state index contributed by atoms with van der Waals surface area (Å²) in [5, 5.41) is 11.6. The summed E-state index contributed by atoms with van der Waals surface area (Å²) in [6.45, 7) is 6.12. The molecule has 20 heavy (non-hydrogen) atoms. The third-order valence-electron chi connectivity index (χ3n) is 3.66. The molecule has 3 amide bonds. The highest BCUT2D eigenvalue weighted by Gasteiger charge is 2.41. The van der Waals surface area contributed by atoms with E-state index in [0.717, 1.165) is 0 Å².